The quantitative estimate of drug-likeness (QED) is 0.381. The van der Waals surface area contributed by atoms with Crippen LogP contribution in [0.2, 0.25) is 0 Å². The van der Waals surface area contributed by atoms with Crippen molar-refractivity contribution in [1.82, 2.24) is 14.8 Å². The van der Waals surface area contributed by atoms with Gasteiger partial charge in [-0.05, 0) is 54.1 Å². The van der Waals surface area contributed by atoms with Crippen molar-refractivity contribution in [2.75, 3.05) is 14.2 Å². The molecular formula is C24H20N4O2S. The Kier molecular flexibility index (Phi) is 6.20. The molecule has 0 unspecified atom stereocenters. The van der Waals surface area contributed by atoms with Gasteiger partial charge < -0.3 is 9.47 Å². The molecule has 0 aliphatic rings. The molecule has 1 aromatic heterocycles. The first-order valence-electron chi connectivity index (χ1n) is 9.58. The number of methoxy groups -OCH3 is 2. The zero-order chi connectivity index (χ0) is 21.6. The number of nitriles is 1. The van der Waals surface area contributed by atoms with Crippen LogP contribution < -0.4 is 9.47 Å². The molecule has 0 fully saturated rings. The van der Waals surface area contributed by atoms with Crippen LogP contribution in [0, 0.1) is 11.3 Å². The van der Waals surface area contributed by atoms with Crippen molar-refractivity contribution in [2.45, 2.75) is 10.9 Å². The van der Waals surface area contributed by atoms with E-state index in [1.807, 2.05) is 71.3 Å². The van der Waals surface area contributed by atoms with E-state index >= 15 is 0 Å². The average Bonchev–Trinajstić information content (AvgIpc) is 3.27. The molecule has 0 bridgehead atoms. The summed E-state index contributed by atoms with van der Waals surface area (Å²) in [5.41, 5.74) is 3.53. The monoisotopic (exact) mass is 428 g/mol. The molecule has 7 heteroatoms. The van der Waals surface area contributed by atoms with Crippen molar-refractivity contribution in [3.05, 3.63) is 83.9 Å². The number of aromatic nitrogens is 3. The molecule has 0 saturated carbocycles. The maximum atomic E-state index is 9.15. The molecule has 0 amide bonds. The Labute approximate surface area is 185 Å². The Morgan fingerprint density at radius 3 is 2.42 bits per heavy atom. The standard InChI is InChI=1S/C24H20N4O2S/c1-29-21-11-9-20(10-12-21)28-23(19-7-4-8-22(14-19)30-2)26-27-24(28)31-16-18-6-3-5-17(13-18)15-25/h3-14H,16H2,1-2H3. The van der Waals surface area contributed by atoms with Gasteiger partial charge in [0.15, 0.2) is 11.0 Å². The van der Waals surface area contributed by atoms with Crippen LogP contribution in [0.15, 0.2) is 78.0 Å². The van der Waals surface area contributed by atoms with Gasteiger partial charge in [-0.2, -0.15) is 5.26 Å². The topological polar surface area (TPSA) is 73.0 Å². The maximum Gasteiger partial charge on any atom is 0.196 e. The first kappa shape index (κ1) is 20.5. The molecular weight excluding hydrogens is 408 g/mol. The normalized spacial score (nSPS) is 10.5. The lowest BCUT2D eigenvalue weighted by Gasteiger charge is -2.12. The number of thioether (sulfide) groups is 1. The molecule has 4 aromatic rings. The Bertz CT molecular complexity index is 1230. The van der Waals surface area contributed by atoms with Gasteiger partial charge in [-0.3, -0.25) is 4.57 Å². The summed E-state index contributed by atoms with van der Waals surface area (Å²) >= 11 is 1.57. The first-order valence-corrected chi connectivity index (χ1v) is 10.6. The predicted octanol–water partition coefficient (Wildman–Crippen LogP) is 5.12. The minimum atomic E-state index is 0.645. The third-order valence-electron chi connectivity index (χ3n) is 4.72. The second-order valence-corrected chi connectivity index (χ2v) is 7.61. The van der Waals surface area contributed by atoms with E-state index in [9.17, 15) is 0 Å². The molecule has 0 aliphatic carbocycles. The van der Waals surface area contributed by atoms with Crippen LogP contribution in [0.3, 0.4) is 0 Å². The molecule has 0 atom stereocenters. The third kappa shape index (κ3) is 4.55. The molecule has 31 heavy (non-hydrogen) atoms. The number of hydrogen-bond acceptors (Lipinski definition) is 6. The van der Waals surface area contributed by atoms with Gasteiger partial charge >= 0.3 is 0 Å². The first-order chi connectivity index (χ1) is 15.2. The fourth-order valence-corrected chi connectivity index (χ4v) is 4.05. The van der Waals surface area contributed by atoms with Crippen LogP contribution >= 0.6 is 11.8 Å². The molecule has 0 saturated heterocycles. The van der Waals surface area contributed by atoms with Crippen molar-refractivity contribution in [1.29, 1.82) is 5.26 Å². The van der Waals surface area contributed by atoms with Gasteiger partial charge in [0, 0.05) is 17.0 Å². The number of benzene rings is 3. The molecule has 3 aromatic carbocycles. The van der Waals surface area contributed by atoms with Gasteiger partial charge in [0.2, 0.25) is 0 Å². The number of ether oxygens (including phenoxy) is 2. The second-order valence-electron chi connectivity index (χ2n) is 6.67. The van der Waals surface area contributed by atoms with Gasteiger partial charge in [-0.25, -0.2) is 0 Å². The van der Waals surface area contributed by atoms with E-state index in [-0.39, 0.29) is 0 Å². The summed E-state index contributed by atoms with van der Waals surface area (Å²) in [6, 6.07) is 25.3. The van der Waals surface area contributed by atoms with Crippen LogP contribution in [0.1, 0.15) is 11.1 Å². The largest absolute Gasteiger partial charge is 0.497 e. The molecule has 0 spiro atoms. The molecule has 1 heterocycles. The molecule has 0 radical (unpaired) electrons. The van der Waals surface area contributed by atoms with E-state index in [0.717, 1.165) is 39.3 Å². The van der Waals surface area contributed by atoms with E-state index in [1.165, 1.54) is 0 Å². The van der Waals surface area contributed by atoms with Crippen LogP contribution in [0.5, 0.6) is 11.5 Å². The highest BCUT2D eigenvalue weighted by molar-refractivity contribution is 7.98. The van der Waals surface area contributed by atoms with Crippen LogP contribution in [-0.2, 0) is 5.75 Å². The lowest BCUT2D eigenvalue weighted by Crippen LogP contribution is -2.00. The van der Waals surface area contributed by atoms with Gasteiger partial charge in [-0.1, -0.05) is 36.0 Å². The Morgan fingerprint density at radius 2 is 1.68 bits per heavy atom. The fourth-order valence-electron chi connectivity index (χ4n) is 3.16. The van der Waals surface area contributed by atoms with Crippen LogP contribution in [0.4, 0.5) is 0 Å². The Morgan fingerprint density at radius 1 is 0.903 bits per heavy atom. The summed E-state index contributed by atoms with van der Waals surface area (Å²) in [7, 11) is 3.29. The fraction of sp³-hybridized carbons (Fsp3) is 0.125. The van der Waals surface area contributed by atoms with E-state index in [0.29, 0.717) is 11.3 Å². The summed E-state index contributed by atoms with van der Waals surface area (Å²) in [6.45, 7) is 0. The highest BCUT2D eigenvalue weighted by Gasteiger charge is 2.17. The highest BCUT2D eigenvalue weighted by atomic mass is 32.2. The van der Waals surface area contributed by atoms with E-state index < -0.39 is 0 Å². The Hall–Kier alpha value is -3.76. The van der Waals surface area contributed by atoms with Gasteiger partial charge in [0.05, 0.1) is 25.9 Å². The van der Waals surface area contributed by atoms with Crippen molar-refractivity contribution in [2.24, 2.45) is 0 Å². The molecule has 4 rings (SSSR count). The van der Waals surface area contributed by atoms with Gasteiger partial charge in [0.1, 0.15) is 11.5 Å². The number of rotatable bonds is 7. The highest BCUT2D eigenvalue weighted by Crippen LogP contribution is 2.31. The molecule has 0 N–H and O–H groups in total. The van der Waals surface area contributed by atoms with E-state index in [1.54, 1.807) is 32.0 Å². The zero-order valence-corrected chi connectivity index (χ0v) is 18.0. The third-order valence-corrected chi connectivity index (χ3v) is 5.72. The summed E-state index contributed by atoms with van der Waals surface area (Å²) in [5.74, 6) is 2.92. The predicted molar refractivity (Wildman–Crippen MR) is 121 cm³/mol. The molecule has 0 aliphatic heterocycles. The van der Waals surface area contributed by atoms with Crippen molar-refractivity contribution >= 4 is 11.8 Å². The lowest BCUT2D eigenvalue weighted by atomic mass is 10.2. The average molecular weight is 429 g/mol. The number of hydrogen-bond donors (Lipinski definition) is 0. The zero-order valence-electron chi connectivity index (χ0n) is 17.1. The summed E-state index contributed by atoms with van der Waals surface area (Å²) < 4.78 is 12.7. The van der Waals surface area contributed by atoms with Crippen molar-refractivity contribution < 1.29 is 9.47 Å². The molecule has 154 valence electrons. The lowest BCUT2D eigenvalue weighted by molar-refractivity contribution is 0.414. The van der Waals surface area contributed by atoms with Gasteiger partial charge in [0.25, 0.3) is 0 Å². The summed E-state index contributed by atoms with van der Waals surface area (Å²) in [5, 5.41) is 18.8. The van der Waals surface area contributed by atoms with E-state index in [4.69, 9.17) is 14.7 Å². The Balaban J connectivity index is 1.73. The maximum absolute atomic E-state index is 9.15. The summed E-state index contributed by atoms with van der Waals surface area (Å²) in [6.07, 6.45) is 0. The van der Waals surface area contributed by atoms with E-state index in [2.05, 4.69) is 16.3 Å². The van der Waals surface area contributed by atoms with Crippen molar-refractivity contribution in [3.8, 4) is 34.6 Å². The summed E-state index contributed by atoms with van der Waals surface area (Å²) in [4.78, 5) is 0. The smallest absolute Gasteiger partial charge is 0.196 e. The van der Waals surface area contributed by atoms with Crippen LogP contribution in [-0.4, -0.2) is 29.0 Å². The minimum Gasteiger partial charge on any atom is -0.497 e. The molecule has 6 nitrogen and oxygen atoms in total. The van der Waals surface area contributed by atoms with Gasteiger partial charge in [-0.15, -0.1) is 10.2 Å². The van der Waals surface area contributed by atoms with Crippen molar-refractivity contribution in [3.63, 3.8) is 0 Å². The minimum absolute atomic E-state index is 0.645. The van der Waals surface area contributed by atoms with Crippen LogP contribution in [0.25, 0.3) is 17.1 Å². The SMILES string of the molecule is COc1ccc(-n2c(SCc3cccc(C#N)c3)nnc2-c2cccc(OC)c2)cc1. The number of nitrogens with zero attached hydrogens (tertiary/aromatic N) is 4. The second kappa shape index (κ2) is 9.37.